The van der Waals surface area contributed by atoms with Crippen LogP contribution >= 0.6 is 23.7 Å². The van der Waals surface area contributed by atoms with Gasteiger partial charge in [-0.1, -0.05) is 24.3 Å². The molecule has 0 radical (unpaired) electrons. The molecule has 1 unspecified atom stereocenters. The molecule has 1 amide bonds. The van der Waals surface area contributed by atoms with Crippen molar-refractivity contribution in [1.82, 2.24) is 15.4 Å². The number of carbonyl (C=O) groups is 1. The van der Waals surface area contributed by atoms with Crippen molar-refractivity contribution in [2.75, 3.05) is 0 Å². The summed E-state index contributed by atoms with van der Waals surface area (Å²) >= 11 is 1.12. The van der Waals surface area contributed by atoms with E-state index in [0.717, 1.165) is 30.0 Å². The molecule has 0 bridgehead atoms. The van der Waals surface area contributed by atoms with Gasteiger partial charge in [0.1, 0.15) is 4.21 Å². The zero-order valence-electron chi connectivity index (χ0n) is 13.6. The Balaban J connectivity index is 0.00000225. The van der Waals surface area contributed by atoms with Gasteiger partial charge in [-0.3, -0.25) is 4.79 Å². The van der Waals surface area contributed by atoms with Crippen LogP contribution in [0.15, 0.2) is 39.9 Å². The van der Waals surface area contributed by atoms with Gasteiger partial charge in [0.2, 0.25) is 5.91 Å². The summed E-state index contributed by atoms with van der Waals surface area (Å²) in [6.07, 6.45) is 0. The van der Waals surface area contributed by atoms with E-state index in [0.29, 0.717) is 6.54 Å². The summed E-state index contributed by atoms with van der Waals surface area (Å²) in [6.45, 7) is 3.63. The van der Waals surface area contributed by atoms with Gasteiger partial charge in [0.05, 0.1) is 6.04 Å². The standard InChI is InChI=1S/C16H19N3O3S2.ClH/c1-11(19-24(21,22)15-3-2-6-23-15)16(20)18-8-12-4-5-13-9-17-10-14(13)7-12;/h2-7,11,17,19H,8-10H2,1H3,(H,18,20);1H. The number of amides is 1. The number of rotatable bonds is 6. The predicted molar refractivity (Wildman–Crippen MR) is 100 cm³/mol. The summed E-state index contributed by atoms with van der Waals surface area (Å²) in [5.74, 6) is -0.353. The number of nitrogens with one attached hydrogen (secondary N) is 3. The van der Waals surface area contributed by atoms with Crippen molar-refractivity contribution >= 4 is 39.7 Å². The van der Waals surface area contributed by atoms with Gasteiger partial charge in [-0.2, -0.15) is 4.72 Å². The lowest BCUT2D eigenvalue weighted by atomic mass is 10.1. The molecule has 1 aliphatic rings. The highest BCUT2D eigenvalue weighted by Crippen LogP contribution is 2.17. The first kappa shape index (κ1) is 19.9. The number of hydrogen-bond donors (Lipinski definition) is 3. The minimum atomic E-state index is -3.65. The fraction of sp³-hybridized carbons (Fsp3) is 0.312. The van der Waals surface area contributed by atoms with Crippen LogP contribution in [-0.2, 0) is 34.5 Å². The Hall–Kier alpha value is -1.45. The van der Waals surface area contributed by atoms with E-state index < -0.39 is 16.1 Å². The van der Waals surface area contributed by atoms with Gasteiger partial charge < -0.3 is 10.6 Å². The summed E-state index contributed by atoms with van der Waals surface area (Å²) < 4.78 is 26.8. The first-order valence-corrected chi connectivity index (χ1v) is 9.97. The first-order valence-electron chi connectivity index (χ1n) is 7.60. The summed E-state index contributed by atoms with van der Waals surface area (Å²) in [7, 11) is -3.65. The highest BCUT2D eigenvalue weighted by Gasteiger charge is 2.22. The molecular formula is C16H20ClN3O3S2. The maximum atomic E-state index is 12.2. The van der Waals surface area contributed by atoms with Crippen LogP contribution in [0.5, 0.6) is 0 Å². The molecule has 1 aromatic heterocycles. The lowest BCUT2D eigenvalue weighted by Crippen LogP contribution is -2.44. The molecule has 9 heteroatoms. The van der Waals surface area contributed by atoms with Crippen LogP contribution in [0.25, 0.3) is 0 Å². The Bertz CT molecular complexity index is 838. The van der Waals surface area contributed by atoms with Gasteiger partial charge >= 0.3 is 0 Å². The Morgan fingerprint density at radius 1 is 1.28 bits per heavy atom. The minimum absolute atomic E-state index is 0. The highest BCUT2D eigenvalue weighted by molar-refractivity contribution is 7.91. The number of halogens is 1. The second-order valence-corrected chi connectivity index (χ2v) is 8.59. The van der Waals surface area contributed by atoms with Crippen molar-refractivity contribution in [3.8, 4) is 0 Å². The average molecular weight is 402 g/mol. The molecule has 0 fully saturated rings. The number of sulfonamides is 1. The third-order valence-electron chi connectivity index (χ3n) is 3.85. The van der Waals surface area contributed by atoms with E-state index in [1.54, 1.807) is 11.4 Å². The molecule has 3 rings (SSSR count). The van der Waals surface area contributed by atoms with Crippen LogP contribution in [0.2, 0.25) is 0 Å². The van der Waals surface area contributed by atoms with Gasteiger partial charge in [-0.05, 0) is 35.1 Å². The van der Waals surface area contributed by atoms with Crippen LogP contribution < -0.4 is 15.4 Å². The first-order chi connectivity index (χ1) is 11.5. The second-order valence-electron chi connectivity index (χ2n) is 5.70. The smallest absolute Gasteiger partial charge is 0.250 e. The third-order valence-corrected chi connectivity index (χ3v) is 6.79. The number of hydrogen-bond acceptors (Lipinski definition) is 5. The lowest BCUT2D eigenvalue weighted by Gasteiger charge is -2.14. The van der Waals surface area contributed by atoms with E-state index in [4.69, 9.17) is 0 Å². The third kappa shape index (κ3) is 4.80. The van der Waals surface area contributed by atoms with Crippen LogP contribution in [0.4, 0.5) is 0 Å². The van der Waals surface area contributed by atoms with Crippen LogP contribution in [0.1, 0.15) is 23.6 Å². The quantitative estimate of drug-likeness (QED) is 0.688. The van der Waals surface area contributed by atoms with E-state index >= 15 is 0 Å². The maximum absolute atomic E-state index is 12.2. The summed E-state index contributed by atoms with van der Waals surface area (Å²) in [5, 5.41) is 7.73. The molecule has 0 saturated carbocycles. The molecule has 0 spiro atoms. The fourth-order valence-electron chi connectivity index (χ4n) is 2.56. The summed E-state index contributed by atoms with van der Waals surface area (Å²) in [4.78, 5) is 12.2. The monoisotopic (exact) mass is 401 g/mol. The number of benzene rings is 1. The van der Waals surface area contributed by atoms with Gasteiger partial charge in [-0.25, -0.2) is 8.42 Å². The molecule has 1 aliphatic heterocycles. The van der Waals surface area contributed by atoms with E-state index in [2.05, 4.69) is 27.5 Å². The maximum Gasteiger partial charge on any atom is 0.250 e. The second kappa shape index (κ2) is 8.29. The van der Waals surface area contributed by atoms with Crippen molar-refractivity contribution in [1.29, 1.82) is 0 Å². The Kier molecular flexibility index (Phi) is 6.59. The number of carbonyl (C=O) groups excluding carboxylic acids is 1. The van der Waals surface area contributed by atoms with Crippen molar-refractivity contribution in [3.05, 3.63) is 52.4 Å². The molecule has 136 valence electrons. The Morgan fingerprint density at radius 3 is 2.76 bits per heavy atom. The van der Waals surface area contributed by atoms with Crippen LogP contribution in [-0.4, -0.2) is 20.4 Å². The summed E-state index contributed by atoms with van der Waals surface area (Å²) in [6, 6.07) is 8.43. The van der Waals surface area contributed by atoms with Gasteiger partial charge in [-0.15, -0.1) is 23.7 Å². The average Bonchev–Trinajstić information content (AvgIpc) is 3.22. The normalized spacial score (nSPS) is 14.4. The van der Waals surface area contributed by atoms with Crippen molar-refractivity contribution in [2.45, 2.75) is 36.8 Å². The molecule has 2 aromatic rings. The highest BCUT2D eigenvalue weighted by atomic mass is 35.5. The number of thiophene rings is 1. The van der Waals surface area contributed by atoms with Crippen molar-refractivity contribution in [3.63, 3.8) is 0 Å². The van der Waals surface area contributed by atoms with Gasteiger partial charge in [0.25, 0.3) is 10.0 Å². The van der Waals surface area contributed by atoms with Gasteiger partial charge in [0.15, 0.2) is 0 Å². The van der Waals surface area contributed by atoms with Gasteiger partial charge in [0, 0.05) is 19.6 Å². The topological polar surface area (TPSA) is 87.3 Å². The number of fused-ring (bicyclic) bond motifs is 1. The van der Waals surface area contributed by atoms with Crippen molar-refractivity contribution < 1.29 is 13.2 Å². The molecule has 1 atom stereocenters. The summed E-state index contributed by atoms with van der Waals surface area (Å²) in [5.41, 5.74) is 3.52. The van der Waals surface area contributed by atoms with Crippen molar-refractivity contribution in [2.24, 2.45) is 0 Å². The fourth-order valence-corrected chi connectivity index (χ4v) is 4.77. The molecule has 1 aromatic carbocycles. The molecule has 2 heterocycles. The Morgan fingerprint density at radius 2 is 2.04 bits per heavy atom. The zero-order valence-corrected chi connectivity index (χ0v) is 16.1. The predicted octanol–water partition coefficient (Wildman–Crippen LogP) is 1.76. The molecule has 25 heavy (non-hydrogen) atoms. The lowest BCUT2D eigenvalue weighted by molar-refractivity contribution is -0.122. The molecule has 0 saturated heterocycles. The van der Waals surface area contributed by atoms with E-state index in [1.165, 1.54) is 24.1 Å². The minimum Gasteiger partial charge on any atom is -0.351 e. The molecule has 0 aliphatic carbocycles. The molecular weight excluding hydrogens is 382 g/mol. The Labute approximate surface area is 157 Å². The van der Waals surface area contributed by atoms with Crippen LogP contribution in [0, 0.1) is 0 Å². The van der Waals surface area contributed by atoms with E-state index in [1.807, 2.05) is 6.07 Å². The largest absolute Gasteiger partial charge is 0.351 e. The van der Waals surface area contributed by atoms with Crippen LogP contribution in [0.3, 0.4) is 0 Å². The SMILES string of the molecule is CC(NS(=O)(=O)c1cccs1)C(=O)NCc1ccc2c(c1)CNC2.Cl. The molecule has 6 nitrogen and oxygen atoms in total. The van der Waals surface area contributed by atoms with E-state index in [-0.39, 0.29) is 22.5 Å². The van der Waals surface area contributed by atoms with E-state index in [9.17, 15) is 13.2 Å². The molecule has 3 N–H and O–H groups in total. The zero-order chi connectivity index (χ0) is 17.2.